The van der Waals surface area contributed by atoms with Gasteiger partial charge in [0, 0.05) is 49.7 Å². The van der Waals surface area contributed by atoms with E-state index in [-0.39, 0.29) is 17.1 Å². The van der Waals surface area contributed by atoms with Gasteiger partial charge in [0.15, 0.2) is 0 Å². The molecule has 0 bridgehead atoms. The Labute approximate surface area is 141 Å². The highest BCUT2D eigenvalue weighted by molar-refractivity contribution is 8.01. The second kappa shape index (κ2) is 5.86. The normalized spacial score (nSPS) is 27.0. The van der Waals surface area contributed by atoms with E-state index in [4.69, 9.17) is 0 Å². The molecule has 0 N–H and O–H groups in total. The average Bonchev–Trinajstić information content (AvgIpc) is 2.95. The highest BCUT2D eigenvalue weighted by Crippen LogP contribution is 2.51. The fraction of sp³-hybridized carbons (Fsp3) is 0.556. The summed E-state index contributed by atoms with van der Waals surface area (Å²) in [5.74, 6) is 0.436. The van der Waals surface area contributed by atoms with Crippen molar-refractivity contribution in [1.29, 1.82) is 0 Å². The molecule has 1 aliphatic carbocycles. The number of nitrogens with zero attached hydrogens (tertiary/aromatic N) is 3. The van der Waals surface area contributed by atoms with E-state index in [1.807, 2.05) is 17.2 Å². The fourth-order valence-corrected chi connectivity index (χ4v) is 5.38. The molecule has 2 atom stereocenters. The van der Waals surface area contributed by atoms with Gasteiger partial charge in [-0.25, -0.2) is 4.98 Å². The van der Waals surface area contributed by atoms with E-state index in [1.165, 1.54) is 30.5 Å². The molecule has 1 saturated carbocycles. The molecule has 4 rings (SSSR count). The number of thioether (sulfide) groups is 1. The number of aromatic nitrogens is 1. The number of amides is 1. The Hall–Kier alpha value is -1.49. The molecule has 1 fully saturated rings. The monoisotopic (exact) mass is 329 g/mol. The minimum Gasteiger partial charge on any atom is -0.377 e. The fourth-order valence-electron chi connectivity index (χ4n) is 4.05. The lowest BCUT2D eigenvalue weighted by Crippen LogP contribution is -2.45. The van der Waals surface area contributed by atoms with Gasteiger partial charge < -0.3 is 9.80 Å². The van der Waals surface area contributed by atoms with Gasteiger partial charge in [0.2, 0.25) is 5.91 Å². The molecule has 23 heavy (non-hydrogen) atoms. The van der Waals surface area contributed by atoms with Gasteiger partial charge in [-0.3, -0.25) is 4.79 Å². The largest absolute Gasteiger partial charge is 0.377 e. The third-order valence-corrected chi connectivity index (χ3v) is 6.53. The van der Waals surface area contributed by atoms with Gasteiger partial charge in [-0.05, 0) is 18.9 Å². The lowest BCUT2D eigenvalue weighted by atomic mass is 9.89. The zero-order valence-electron chi connectivity index (χ0n) is 13.7. The molecular formula is C18H23N3OS. The van der Waals surface area contributed by atoms with Crippen molar-refractivity contribution < 1.29 is 4.79 Å². The molecule has 2 unspecified atom stereocenters. The van der Waals surface area contributed by atoms with Crippen molar-refractivity contribution >= 4 is 23.4 Å². The van der Waals surface area contributed by atoms with E-state index in [0.717, 1.165) is 17.9 Å². The van der Waals surface area contributed by atoms with E-state index < -0.39 is 0 Å². The van der Waals surface area contributed by atoms with Gasteiger partial charge in [0.1, 0.15) is 10.3 Å². The summed E-state index contributed by atoms with van der Waals surface area (Å²) in [5.41, 5.74) is 2.40. The van der Waals surface area contributed by atoms with Crippen LogP contribution in [0.4, 0.5) is 5.69 Å². The molecule has 1 amide bonds. The minimum absolute atomic E-state index is 0.0365. The first-order valence-electron chi connectivity index (χ1n) is 8.50. The number of anilines is 1. The lowest BCUT2D eigenvalue weighted by molar-refractivity contribution is -0.131. The maximum atomic E-state index is 13.1. The van der Waals surface area contributed by atoms with E-state index in [9.17, 15) is 4.79 Å². The van der Waals surface area contributed by atoms with E-state index in [2.05, 4.69) is 36.3 Å². The molecule has 2 aliphatic heterocycles. The second-order valence-electron chi connectivity index (χ2n) is 6.89. The Balaban J connectivity index is 1.66. The van der Waals surface area contributed by atoms with Crippen molar-refractivity contribution in [3.63, 3.8) is 0 Å². The Morgan fingerprint density at radius 2 is 2.04 bits per heavy atom. The molecule has 1 aromatic heterocycles. The second-order valence-corrected chi connectivity index (χ2v) is 8.02. The van der Waals surface area contributed by atoms with Crippen LogP contribution in [-0.2, 0) is 4.79 Å². The molecule has 5 heteroatoms. The van der Waals surface area contributed by atoms with Crippen molar-refractivity contribution in [2.75, 3.05) is 19.0 Å². The first-order valence-corrected chi connectivity index (χ1v) is 9.38. The van der Waals surface area contributed by atoms with Gasteiger partial charge in [-0.2, -0.15) is 0 Å². The molecule has 0 aromatic carbocycles. The summed E-state index contributed by atoms with van der Waals surface area (Å²) in [4.78, 5) is 21.7. The SMILES string of the molecule is CN(C)c1ccnc2c1C1C=CN(C3CCCCC3)C(=O)C1S2. The van der Waals surface area contributed by atoms with Crippen molar-refractivity contribution in [1.82, 2.24) is 9.88 Å². The molecule has 3 aliphatic rings. The topological polar surface area (TPSA) is 36.4 Å². The first kappa shape index (κ1) is 15.1. The number of carbonyl (C=O) groups is 1. The van der Waals surface area contributed by atoms with E-state index >= 15 is 0 Å². The summed E-state index contributed by atoms with van der Waals surface area (Å²) in [6.45, 7) is 0. The van der Waals surface area contributed by atoms with Crippen molar-refractivity contribution in [2.45, 2.75) is 54.3 Å². The third kappa shape index (κ3) is 2.45. The Morgan fingerprint density at radius 1 is 1.26 bits per heavy atom. The quantitative estimate of drug-likeness (QED) is 0.833. The van der Waals surface area contributed by atoms with Gasteiger partial charge in [0.05, 0.1) is 0 Å². The summed E-state index contributed by atoms with van der Waals surface area (Å²) in [6.07, 6.45) is 12.2. The van der Waals surface area contributed by atoms with Crippen LogP contribution >= 0.6 is 11.8 Å². The standard InChI is InChI=1S/C18H23N3OS/c1-20(2)14-8-10-19-17-15(14)13-9-11-21(18(22)16(13)23-17)12-6-4-3-5-7-12/h8-13,16H,3-7H2,1-2H3. The molecular weight excluding hydrogens is 306 g/mol. The van der Waals surface area contributed by atoms with Crippen LogP contribution in [0.1, 0.15) is 43.6 Å². The van der Waals surface area contributed by atoms with Crippen LogP contribution in [0.25, 0.3) is 0 Å². The van der Waals surface area contributed by atoms with Gasteiger partial charge >= 0.3 is 0 Å². The van der Waals surface area contributed by atoms with Gasteiger partial charge in [-0.1, -0.05) is 37.1 Å². The third-order valence-electron chi connectivity index (χ3n) is 5.23. The van der Waals surface area contributed by atoms with Crippen LogP contribution in [0.2, 0.25) is 0 Å². The smallest absolute Gasteiger partial charge is 0.241 e. The molecule has 122 valence electrons. The summed E-state index contributed by atoms with van der Waals surface area (Å²) in [7, 11) is 4.10. The Bertz CT molecular complexity index is 652. The molecule has 4 nitrogen and oxygen atoms in total. The van der Waals surface area contributed by atoms with Crippen LogP contribution in [0.3, 0.4) is 0 Å². The highest BCUT2D eigenvalue weighted by Gasteiger charge is 2.44. The number of allylic oxidation sites excluding steroid dienone is 1. The van der Waals surface area contributed by atoms with E-state index in [0.29, 0.717) is 6.04 Å². The molecule has 0 spiro atoms. The average molecular weight is 329 g/mol. The van der Waals surface area contributed by atoms with Gasteiger partial charge in [-0.15, -0.1) is 0 Å². The summed E-state index contributed by atoms with van der Waals surface area (Å²) < 4.78 is 0. The van der Waals surface area contributed by atoms with Crippen LogP contribution in [-0.4, -0.2) is 41.2 Å². The molecule has 3 heterocycles. The van der Waals surface area contributed by atoms with Crippen LogP contribution in [0.5, 0.6) is 0 Å². The van der Waals surface area contributed by atoms with Gasteiger partial charge in [0.25, 0.3) is 0 Å². The maximum absolute atomic E-state index is 13.1. The van der Waals surface area contributed by atoms with Crippen molar-refractivity contribution in [3.8, 4) is 0 Å². The predicted octanol–water partition coefficient (Wildman–Crippen LogP) is 3.39. The van der Waals surface area contributed by atoms with Crippen LogP contribution < -0.4 is 4.90 Å². The number of rotatable bonds is 2. The predicted molar refractivity (Wildman–Crippen MR) is 93.8 cm³/mol. The number of carbonyl (C=O) groups excluding carboxylic acids is 1. The number of fused-ring (bicyclic) bond motifs is 3. The Morgan fingerprint density at radius 3 is 2.78 bits per heavy atom. The summed E-state index contributed by atoms with van der Waals surface area (Å²) in [5, 5.41) is 0.986. The van der Waals surface area contributed by atoms with Crippen LogP contribution in [0.15, 0.2) is 29.6 Å². The minimum atomic E-state index is -0.0365. The molecule has 0 saturated heterocycles. The molecule has 1 aromatic rings. The zero-order chi connectivity index (χ0) is 16.0. The Kier molecular flexibility index (Phi) is 3.84. The van der Waals surface area contributed by atoms with Crippen molar-refractivity contribution in [2.24, 2.45) is 0 Å². The summed E-state index contributed by atoms with van der Waals surface area (Å²) in [6, 6.07) is 2.45. The van der Waals surface area contributed by atoms with E-state index in [1.54, 1.807) is 11.8 Å². The number of pyridine rings is 1. The van der Waals surface area contributed by atoms with Crippen molar-refractivity contribution in [3.05, 3.63) is 30.1 Å². The zero-order valence-corrected chi connectivity index (χ0v) is 14.6. The molecule has 0 radical (unpaired) electrons. The first-order chi connectivity index (χ1) is 11.2. The van der Waals surface area contributed by atoms with Crippen LogP contribution in [0, 0.1) is 0 Å². The number of hydrogen-bond donors (Lipinski definition) is 0. The maximum Gasteiger partial charge on any atom is 0.241 e. The lowest BCUT2D eigenvalue weighted by Gasteiger charge is -2.37. The highest BCUT2D eigenvalue weighted by atomic mass is 32.2. The summed E-state index contributed by atoms with van der Waals surface area (Å²) >= 11 is 1.65. The number of hydrogen-bond acceptors (Lipinski definition) is 4.